The van der Waals surface area contributed by atoms with E-state index >= 15 is 0 Å². The zero-order chi connectivity index (χ0) is 44.8. The average molecular weight is 865 g/mol. The Labute approximate surface area is 387 Å². The number of hydrogen-bond donors (Lipinski definition) is 0. The summed E-state index contributed by atoms with van der Waals surface area (Å²) in [5, 5.41) is 7.65. The molecule has 0 bridgehead atoms. The van der Waals surface area contributed by atoms with Gasteiger partial charge in [0, 0.05) is 38.6 Å². The van der Waals surface area contributed by atoms with Gasteiger partial charge in [-0.15, -0.1) is 0 Å². The van der Waals surface area contributed by atoms with Crippen molar-refractivity contribution in [1.29, 1.82) is 0 Å². The van der Waals surface area contributed by atoms with Crippen LogP contribution in [0.3, 0.4) is 0 Å². The zero-order valence-electron chi connectivity index (χ0n) is 37.4. The molecular weight excluding hydrogens is 817 g/mol. The van der Waals surface area contributed by atoms with Crippen molar-refractivity contribution in [3.63, 3.8) is 0 Å². The Hall–Kier alpha value is -7.99. The van der Waals surface area contributed by atoms with Crippen molar-refractivity contribution >= 4 is 56.2 Å². The van der Waals surface area contributed by atoms with Crippen molar-refractivity contribution < 1.29 is 0 Å². The average Bonchev–Trinajstić information content (AvgIpc) is 3.81. The van der Waals surface area contributed by atoms with Gasteiger partial charge in [-0.3, -0.25) is 0 Å². The van der Waals surface area contributed by atoms with Crippen molar-refractivity contribution in [2.45, 2.75) is 26.2 Å². The van der Waals surface area contributed by atoms with E-state index in [0.29, 0.717) is 17.5 Å². The maximum atomic E-state index is 5.38. The normalized spacial score (nSPS) is 13.4. The molecule has 0 saturated heterocycles. The summed E-state index contributed by atoms with van der Waals surface area (Å²) >= 11 is 0. The molecular formula is C61H48N4Si. The first-order chi connectivity index (χ1) is 32.4. The summed E-state index contributed by atoms with van der Waals surface area (Å²) < 4.78 is 2.45. The second-order valence-corrected chi connectivity index (χ2v) is 21.5. The third-order valence-electron chi connectivity index (χ3n) is 13.7. The quantitative estimate of drug-likeness (QED) is 0.0781. The van der Waals surface area contributed by atoms with Crippen molar-refractivity contribution in [3.05, 3.63) is 248 Å². The van der Waals surface area contributed by atoms with Gasteiger partial charge in [0.15, 0.2) is 25.5 Å². The summed E-state index contributed by atoms with van der Waals surface area (Å²) in [4.78, 5) is 15.9. The molecule has 0 amide bonds. The molecule has 1 aliphatic rings. The highest BCUT2D eigenvalue weighted by Gasteiger charge is 2.42. The number of nitrogens with zero attached hydrogens (tertiary/aromatic N) is 4. The highest BCUT2D eigenvalue weighted by molar-refractivity contribution is 7.19. The minimum absolute atomic E-state index is 0.205. The number of hydrogen-bond acceptors (Lipinski definition) is 3. The van der Waals surface area contributed by atoms with Crippen LogP contribution in [0.4, 0.5) is 0 Å². The smallest absolute Gasteiger partial charge is 0.179 e. The Kier molecular flexibility index (Phi) is 10.2. The van der Waals surface area contributed by atoms with Crippen molar-refractivity contribution in [2.75, 3.05) is 0 Å². The van der Waals surface area contributed by atoms with Crippen LogP contribution < -0.4 is 20.7 Å². The Balaban J connectivity index is 1.12. The van der Waals surface area contributed by atoms with Crippen LogP contribution >= 0.6 is 0 Å². The maximum absolute atomic E-state index is 5.38. The number of aromatic nitrogens is 4. The summed E-state index contributed by atoms with van der Waals surface area (Å²) in [5.41, 5.74) is 11.2. The van der Waals surface area contributed by atoms with Crippen molar-refractivity contribution in [1.82, 2.24) is 19.5 Å². The molecule has 5 heteroatoms. The van der Waals surface area contributed by atoms with Gasteiger partial charge < -0.3 is 4.57 Å². The van der Waals surface area contributed by atoms with Gasteiger partial charge in [0.1, 0.15) is 0 Å². The standard InChI is InChI=1S/C61H48N4Si/c1-5-6-35-51-42(2)61(3,4)56-53(51)38-39-54-52-36-19-20-37-55(52)65(57(54)56)46-27-21-25-44(40-46)59-62-58(43-23-11-7-12-24-43)63-60(64-59)45-26-22-34-50(41-45)66(47-28-13-8-14-29-47,48-30-15-9-16-31-48)49-32-17-10-18-33-49/h5-41H,1H2,2-4H3/b35-6-. The number of allylic oxidation sites excluding steroid dienone is 5. The van der Waals surface area contributed by atoms with Crippen molar-refractivity contribution in [3.8, 4) is 39.9 Å². The lowest BCUT2D eigenvalue weighted by Gasteiger charge is -2.34. The summed E-state index contributed by atoms with van der Waals surface area (Å²) in [6, 6.07) is 74.3. The maximum Gasteiger partial charge on any atom is 0.179 e. The number of benzene rings is 8. The van der Waals surface area contributed by atoms with Crippen LogP contribution in [0, 0.1) is 0 Å². The van der Waals surface area contributed by atoms with Crippen LogP contribution in [-0.4, -0.2) is 27.6 Å². The van der Waals surface area contributed by atoms with E-state index in [2.05, 4.69) is 226 Å². The molecule has 0 spiro atoms. The van der Waals surface area contributed by atoms with E-state index in [-0.39, 0.29) is 5.41 Å². The first-order valence-electron chi connectivity index (χ1n) is 22.6. The summed E-state index contributed by atoms with van der Waals surface area (Å²) in [6.07, 6.45) is 6.11. The van der Waals surface area contributed by atoms with Crippen molar-refractivity contribution in [2.24, 2.45) is 0 Å². The van der Waals surface area contributed by atoms with E-state index in [1.165, 1.54) is 59.3 Å². The molecule has 0 unspecified atom stereocenters. The molecule has 11 rings (SSSR count). The van der Waals surface area contributed by atoms with Crippen LogP contribution in [-0.2, 0) is 5.41 Å². The molecule has 0 aliphatic heterocycles. The molecule has 1 aliphatic carbocycles. The third-order valence-corrected chi connectivity index (χ3v) is 18.5. The predicted molar refractivity (Wildman–Crippen MR) is 279 cm³/mol. The lowest BCUT2D eigenvalue weighted by molar-refractivity contribution is 0.642. The molecule has 0 fully saturated rings. The molecule has 2 heterocycles. The Morgan fingerprint density at radius 3 is 1.61 bits per heavy atom. The first kappa shape index (κ1) is 40.8. The molecule has 66 heavy (non-hydrogen) atoms. The number of para-hydroxylation sites is 1. The minimum Gasteiger partial charge on any atom is -0.309 e. The van der Waals surface area contributed by atoms with Crippen LogP contribution in [0.15, 0.2) is 237 Å². The van der Waals surface area contributed by atoms with Crippen LogP contribution in [0.25, 0.3) is 67.2 Å². The lowest BCUT2D eigenvalue weighted by Crippen LogP contribution is -2.74. The van der Waals surface area contributed by atoms with E-state index in [0.717, 1.165) is 27.9 Å². The molecule has 8 aromatic carbocycles. The second-order valence-electron chi connectivity index (χ2n) is 17.6. The van der Waals surface area contributed by atoms with E-state index < -0.39 is 8.07 Å². The van der Waals surface area contributed by atoms with E-state index in [4.69, 9.17) is 15.0 Å². The summed E-state index contributed by atoms with van der Waals surface area (Å²) in [6.45, 7) is 10.9. The lowest BCUT2D eigenvalue weighted by atomic mass is 9.81. The first-order valence-corrected chi connectivity index (χ1v) is 24.6. The second kappa shape index (κ2) is 16.5. The van der Waals surface area contributed by atoms with Gasteiger partial charge in [0.2, 0.25) is 0 Å². The Morgan fingerprint density at radius 2 is 1.00 bits per heavy atom. The summed E-state index contributed by atoms with van der Waals surface area (Å²) in [5.74, 6) is 1.87. The van der Waals surface area contributed by atoms with Gasteiger partial charge in [0.05, 0.1) is 11.0 Å². The predicted octanol–water partition coefficient (Wildman–Crippen LogP) is 12.2. The molecule has 0 radical (unpaired) electrons. The van der Waals surface area contributed by atoms with Gasteiger partial charge in [-0.05, 0) is 62.6 Å². The molecule has 0 saturated carbocycles. The highest BCUT2D eigenvalue weighted by atomic mass is 28.3. The van der Waals surface area contributed by atoms with E-state index in [1.54, 1.807) is 0 Å². The molecule has 4 nitrogen and oxygen atoms in total. The Morgan fingerprint density at radius 1 is 0.500 bits per heavy atom. The third kappa shape index (κ3) is 6.62. The molecule has 10 aromatic rings. The molecule has 0 N–H and O–H groups in total. The topological polar surface area (TPSA) is 43.6 Å². The van der Waals surface area contributed by atoms with Gasteiger partial charge in [-0.25, -0.2) is 15.0 Å². The van der Waals surface area contributed by atoms with Gasteiger partial charge in [-0.1, -0.05) is 232 Å². The molecule has 2 aromatic heterocycles. The molecule has 316 valence electrons. The largest absolute Gasteiger partial charge is 0.309 e. The van der Waals surface area contributed by atoms with Gasteiger partial charge >= 0.3 is 0 Å². The zero-order valence-corrected chi connectivity index (χ0v) is 38.4. The SMILES string of the molecule is C=C/C=C\C1=C(C)C(C)(C)c2c1ccc1c3ccccc3n(-c3cccc(-c4nc(-c5ccccc5)nc(-c5cccc([Si](c6ccccc6)(c6ccccc6)c6ccccc6)c5)n4)c3)c21. The van der Waals surface area contributed by atoms with Crippen LogP contribution in [0.1, 0.15) is 31.9 Å². The van der Waals surface area contributed by atoms with E-state index in [9.17, 15) is 0 Å². The fraction of sp³-hybridized carbons (Fsp3) is 0.0656. The van der Waals surface area contributed by atoms with E-state index in [1.807, 2.05) is 30.4 Å². The van der Waals surface area contributed by atoms with Gasteiger partial charge in [0.25, 0.3) is 0 Å². The summed E-state index contributed by atoms with van der Waals surface area (Å²) in [7, 11) is -2.82. The van der Waals surface area contributed by atoms with Gasteiger partial charge in [-0.2, -0.15) is 0 Å². The Bertz CT molecular complexity index is 3420. The number of fused-ring (bicyclic) bond motifs is 5. The van der Waals surface area contributed by atoms with Crippen LogP contribution in [0.2, 0.25) is 0 Å². The fourth-order valence-corrected chi connectivity index (χ4v) is 15.2. The fourth-order valence-electron chi connectivity index (χ4n) is 10.4. The monoisotopic (exact) mass is 864 g/mol. The minimum atomic E-state index is -2.82. The number of rotatable bonds is 10. The highest BCUT2D eigenvalue weighted by Crippen LogP contribution is 2.51. The van der Waals surface area contributed by atoms with Crippen LogP contribution in [0.5, 0.6) is 0 Å². The molecule has 0 atom stereocenters.